The maximum Gasteiger partial charge on any atom is 0.137 e. The van der Waals surface area contributed by atoms with Crippen LogP contribution in [0.3, 0.4) is 0 Å². The Hall–Kier alpha value is -6.94. The normalized spacial score (nSPS) is 13.3. The molecule has 0 amide bonds. The highest BCUT2D eigenvalue weighted by Gasteiger charge is 2.38. The Kier molecular flexibility index (Phi) is 7.18. The number of thiophene rings is 1. The van der Waals surface area contributed by atoms with Crippen molar-refractivity contribution in [3.63, 3.8) is 0 Å². The van der Waals surface area contributed by atoms with Crippen LogP contribution in [0.5, 0.6) is 11.5 Å². The van der Waals surface area contributed by atoms with Gasteiger partial charge in [0.05, 0.1) is 5.69 Å². The van der Waals surface area contributed by atoms with Crippen LogP contribution in [0.25, 0.3) is 75.5 Å². The number of fused-ring (bicyclic) bond motifs is 8. The summed E-state index contributed by atoms with van der Waals surface area (Å²) >= 11 is 1.86. The maximum absolute atomic E-state index is 6.92. The third-order valence-electron chi connectivity index (χ3n) is 12.5. The van der Waals surface area contributed by atoms with Gasteiger partial charge in [-0.3, -0.25) is 0 Å². The van der Waals surface area contributed by atoms with Crippen LogP contribution in [0.1, 0.15) is 25.0 Å². The van der Waals surface area contributed by atoms with E-state index in [0.29, 0.717) is 0 Å². The van der Waals surface area contributed by atoms with E-state index in [1.54, 1.807) is 0 Å². The van der Waals surface area contributed by atoms with E-state index in [1.165, 1.54) is 75.6 Å². The van der Waals surface area contributed by atoms with Gasteiger partial charge < -0.3 is 9.64 Å². The van der Waals surface area contributed by atoms with Crippen molar-refractivity contribution < 1.29 is 4.74 Å². The molecule has 12 rings (SSSR count). The number of nitrogens with zero attached hydrogens (tertiary/aromatic N) is 1. The van der Waals surface area contributed by atoms with Gasteiger partial charge in [0.1, 0.15) is 11.5 Å². The van der Waals surface area contributed by atoms with Crippen molar-refractivity contribution in [2.45, 2.75) is 19.3 Å². The van der Waals surface area contributed by atoms with Gasteiger partial charge in [-0.2, -0.15) is 0 Å². The zero-order valence-corrected chi connectivity index (χ0v) is 33.0. The van der Waals surface area contributed by atoms with Gasteiger partial charge in [-0.15, -0.1) is 11.3 Å². The predicted molar refractivity (Wildman–Crippen MR) is 245 cm³/mol. The zero-order valence-electron chi connectivity index (χ0n) is 32.2. The quantitative estimate of drug-likeness (QED) is 0.173. The lowest BCUT2D eigenvalue weighted by molar-refractivity contribution is 0.487. The fourth-order valence-electron chi connectivity index (χ4n) is 9.69. The molecule has 2 aliphatic rings. The molecular formula is C55H37NOS. The molecular weight excluding hydrogens is 723 g/mol. The summed E-state index contributed by atoms with van der Waals surface area (Å²) in [7, 11) is 0. The van der Waals surface area contributed by atoms with E-state index < -0.39 is 0 Å². The Morgan fingerprint density at radius 3 is 2.00 bits per heavy atom. The Bertz CT molecular complexity index is 3290. The highest BCUT2D eigenvalue weighted by molar-refractivity contribution is 7.25. The summed E-state index contributed by atoms with van der Waals surface area (Å²) in [5, 5.41) is 4.93. The second-order valence-corrected chi connectivity index (χ2v) is 17.1. The first-order valence-electron chi connectivity index (χ1n) is 20.0. The summed E-state index contributed by atoms with van der Waals surface area (Å²) in [5.41, 5.74) is 15.7. The second-order valence-electron chi connectivity index (χ2n) is 16.1. The van der Waals surface area contributed by atoms with E-state index in [4.69, 9.17) is 4.74 Å². The fraction of sp³-hybridized carbons (Fsp3) is 0.0545. The Morgan fingerprint density at radius 2 is 1.14 bits per heavy atom. The van der Waals surface area contributed by atoms with Gasteiger partial charge in [-0.1, -0.05) is 147 Å². The number of rotatable bonds is 5. The van der Waals surface area contributed by atoms with Crippen molar-refractivity contribution >= 4 is 59.3 Å². The average molecular weight is 760 g/mol. The molecule has 1 aliphatic carbocycles. The Labute approximate surface area is 341 Å². The van der Waals surface area contributed by atoms with E-state index in [-0.39, 0.29) is 5.41 Å². The van der Waals surface area contributed by atoms with Crippen molar-refractivity contribution in [1.29, 1.82) is 0 Å². The number of ether oxygens (including phenoxy) is 1. The van der Waals surface area contributed by atoms with Crippen LogP contribution >= 0.6 is 11.3 Å². The molecule has 0 spiro atoms. The van der Waals surface area contributed by atoms with E-state index in [2.05, 4.69) is 207 Å². The lowest BCUT2D eigenvalue weighted by Crippen LogP contribution is -2.16. The predicted octanol–water partition coefficient (Wildman–Crippen LogP) is 16.1. The standard InChI is InChI=1S/C55H37NOS/c1-55(2)46-20-10-9-17-44(46)54-47(55)21-12-22-48(54)56(38-25-27-41-45-31-36(34-13-5-3-6-14-34)23-30-51(45)58-52(41)33-38)37-24-26-40-43-19-11-18-42-39(35-15-7-4-8-16-35)28-29-49(53(42)43)57-50(40)32-37/h3-33H,1-2H3. The van der Waals surface area contributed by atoms with E-state index in [1.807, 2.05) is 11.3 Å². The van der Waals surface area contributed by atoms with Crippen molar-refractivity contribution in [3.05, 3.63) is 199 Å². The largest absolute Gasteiger partial charge is 0.456 e. The molecule has 9 aromatic carbocycles. The topological polar surface area (TPSA) is 12.5 Å². The molecule has 58 heavy (non-hydrogen) atoms. The molecule has 2 heterocycles. The van der Waals surface area contributed by atoms with Crippen LogP contribution in [0.2, 0.25) is 0 Å². The summed E-state index contributed by atoms with van der Waals surface area (Å²) in [6.07, 6.45) is 0. The van der Waals surface area contributed by atoms with Crippen molar-refractivity contribution in [2.75, 3.05) is 4.90 Å². The first-order valence-corrected chi connectivity index (χ1v) is 20.8. The molecule has 0 fully saturated rings. The molecule has 0 radical (unpaired) electrons. The third kappa shape index (κ3) is 4.90. The third-order valence-corrected chi connectivity index (χ3v) is 13.6. The Morgan fingerprint density at radius 1 is 0.431 bits per heavy atom. The van der Waals surface area contributed by atoms with E-state index in [9.17, 15) is 0 Å². The van der Waals surface area contributed by atoms with Crippen LogP contribution in [0.15, 0.2) is 188 Å². The summed E-state index contributed by atoms with van der Waals surface area (Å²) in [4.78, 5) is 2.45. The maximum atomic E-state index is 6.92. The molecule has 0 saturated heterocycles. The first-order chi connectivity index (χ1) is 28.5. The summed E-state index contributed by atoms with van der Waals surface area (Å²) in [6.45, 7) is 4.71. The van der Waals surface area contributed by atoms with Gasteiger partial charge in [0.25, 0.3) is 0 Å². The molecule has 274 valence electrons. The number of anilines is 3. The van der Waals surface area contributed by atoms with Gasteiger partial charge in [-0.05, 0) is 98.4 Å². The number of hydrogen-bond donors (Lipinski definition) is 0. The minimum atomic E-state index is -0.126. The summed E-state index contributed by atoms with van der Waals surface area (Å²) < 4.78 is 9.47. The highest BCUT2D eigenvalue weighted by atomic mass is 32.1. The van der Waals surface area contributed by atoms with Crippen molar-refractivity contribution in [3.8, 4) is 56.0 Å². The lowest BCUT2D eigenvalue weighted by atomic mass is 9.82. The van der Waals surface area contributed by atoms with Gasteiger partial charge in [0.2, 0.25) is 0 Å². The van der Waals surface area contributed by atoms with Gasteiger partial charge in [0.15, 0.2) is 0 Å². The van der Waals surface area contributed by atoms with Gasteiger partial charge in [-0.25, -0.2) is 0 Å². The average Bonchev–Trinajstić information content (AvgIpc) is 3.75. The van der Waals surface area contributed by atoms with Crippen LogP contribution in [-0.2, 0) is 5.41 Å². The summed E-state index contributed by atoms with van der Waals surface area (Å²) in [6, 6.07) is 68.7. The molecule has 10 aromatic rings. The number of benzene rings is 9. The molecule has 0 bridgehead atoms. The lowest BCUT2D eigenvalue weighted by Gasteiger charge is -2.30. The molecule has 0 saturated carbocycles. The fourth-order valence-corrected chi connectivity index (χ4v) is 10.8. The molecule has 1 aliphatic heterocycles. The SMILES string of the molecule is CC1(C)c2ccccc2-c2c(N(c3ccc4c(c3)Oc3ccc(-c5ccccc5)c5cccc-4c35)c3ccc4c(c3)sc3ccc(-c5ccccc5)cc34)cccc21. The van der Waals surface area contributed by atoms with Crippen LogP contribution in [0, 0.1) is 0 Å². The highest BCUT2D eigenvalue weighted by Crippen LogP contribution is 2.56. The molecule has 0 unspecified atom stereocenters. The van der Waals surface area contributed by atoms with E-state index in [0.717, 1.165) is 39.5 Å². The van der Waals surface area contributed by atoms with Gasteiger partial charge >= 0.3 is 0 Å². The van der Waals surface area contributed by atoms with Crippen LogP contribution in [-0.4, -0.2) is 0 Å². The number of hydrogen-bond acceptors (Lipinski definition) is 3. The summed E-state index contributed by atoms with van der Waals surface area (Å²) in [5.74, 6) is 1.75. The minimum Gasteiger partial charge on any atom is -0.456 e. The van der Waals surface area contributed by atoms with E-state index >= 15 is 0 Å². The molecule has 0 N–H and O–H groups in total. The molecule has 3 heteroatoms. The van der Waals surface area contributed by atoms with Crippen molar-refractivity contribution in [1.82, 2.24) is 0 Å². The monoisotopic (exact) mass is 759 g/mol. The first kappa shape index (κ1) is 33.2. The van der Waals surface area contributed by atoms with Crippen molar-refractivity contribution in [2.24, 2.45) is 0 Å². The second kappa shape index (κ2) is 12.5. The smallest absolute Gasteiger partial charge is 0.137 e. The van der Waals surface area contributed by atoms with Gasteiger partial charge in [0, 0.05) is 59.5 Å². The molecule has 2 nitrogen and oxygen atoms in total. The molecule has 1 aromatic heterocycles. The van der Waals surface area contributed by atoms with Crippen LogP contribution in [0.4, 0.5) is 17.1 Å². The van der Waals surface area contributed by atoms with Crippen LogP contribution < -0.4 is 9.64 Å². The minimum absolute atomic E-state index is 0.126. The molecule has 0 atom stereocenters. The Balaban J connectivity index is 1.05. The zero-order chi connectivity index (χ0) is 38.5.